The highest BCUT2D eigenvalue weighted by molar-refractivity contribution is 5.77. The Hall–Kier alpha value is -2.30. The minimum atomic E-state index is 0.793. The van der Waals surface area contributed by atoms with E-state index in [-0.39, 0.29) is 0 Å². The summed E-state index contributed by atoms with van der Waals surface area (Å²) in [6.45, 7) is 0. The molecule has 16 heavy (non-hydrogen) atoms. The lowest BCUT2D eigenvalue weighted by molar-refractivity contribution is 0.321. The van der Waals surface area contributed by atoms with Gasteiger partial charge in [-0.25, -0.2) is 0 Å². The van der Waals surface area contributed by atoms with Crippen LogP contribution in [0, 0.1) is 0 Å². The first-order chi connectivity index (χ1) is 7.83. The van der Waals surface area contributed by atoms with Crippen molar-refractivity contribution in [3.8, 4) is 0 Å². The predicted octanol–water partition coefficient (Wildman–Crippen LogP) is 1.59. The molecule has 5 nitrogen and oxygen atoms in total. The van der Waals surface area contributed by atoms with E-state index < -0.39 is 0 Å². The lowest BCUT2D eigenvalue weighted by Crippen LogP contribution is -2.25. The van der Waals surface area contributed by atoms with Gasteiger partial charge in [-0.05, 0) is 24.3 Å². The predicted molar refractivity (Wildman–Crippen MR) is 61.9 cm³/mol. The van der Waals surface area contributed by atoms with Gasteiger partial charge in [-0.2, -0.15) is 0 Å². The number of pyridine rings is 1. The summed E-state index contributed by atoms with van der Waals surface area (Å²) >= 11 is 0. The molecule has 0 aromatic carbocycles. The van der Waals surface area contributed by atoms with Crippen molar-refractivity contribution in [1.29, 1.82) is 0 Å². The molecule has 0 radical (unpaired) electrons. The molecule has 0 spiro atoms. The summed E-state index contributed by atoms with van der Waals surface area (Å²) in [4.78, 5) is 3.97. The van der Waals surface area contributed by atoms with Crippen molar-refractivity contribution in [2.24, 2.45) is 5.16 Å². The van der Waals surface area contributed by atoms with E-state index in [0.29, 0.717) is 0 Å². The third-order valence-electron chi connectivity index (χ3n) is 2.31. The standard InChI is InChI=1S/C11H12N4O/c1-14(10-4-6-12-7-5-10)15-8-2-3-11(15)9-13-16/h2-9,16H,1H3/b13-9+. The highest BCUT2D eigenvalue weighted by atomic mass is 16.4. The molecule has 0 saturated carbocycles. The van der Waals surface area contributed by atoms with Crippen LogP contribution in [-0.4, -0.2) is 28.1 Å². The van der Waals surface area contributed by atoms with Gasteiger partial charge in [0.15, 0.2) is 0 Å². The molecule has 2 aromatic rings. The van der Waals surface area contributed by atoms with Crippen LogP contribution in [0.2, 0.25) is 0 Å². The summed E-state index contributed by atoms with van der Waals surface area (Å²) in [5.74, 6) is 0. The van der Waals surface area contributed by atoms with Gasteiger partial charge in [0.1, 0.15) is 0 Å². The summed E-state index contributed by atoms with van der Waals surface area (Å²) in [7, 11) is 1.92. The zero-order valence-electron chi connectivity index (χ0n) is 8.85. The van der Waals surface area contributed by atoms with Crippen LogP contribution in [-0.2, 0) is 0 Å². The zero-order chi connectivity index (χ0) is 11.4. The van der Waals surface area contributed by atoms with Crippen molar-refractivity contribution in [3.63, 3.8) is 0 Å². The molecule has 0 fully saturated rings. The second kappa shape index (κ2) is 4.48. The lowest BCUT2D eigenvalue weighted by atomic mass is 10.4. The van der Waals surface area contributed by atoms with E-state index in [1.165, 1.54) is 6.21 Å². The van der Waals surface area contributed by atoms with Crippen LogP contribution >= 0.6 is 0 Å². The number of aromatic nitrogens is 2. The average molecular weight is 216 g/mol. The van der Waals surface area contributed by atoms with Crippen molar-refractivity contribution >= 4 is 11.9 Å². The zero-order valence-corrected chi connectivity index (χ0v) is 8.85. The SMILES string of the molecule is CN(c1ccncc1)n1cccc1/C=N/O. The lowest BCUT2D eigenvalue weighted by Gasteiger charge is -2.22. The number of oxime groups is 1. The van der Waals surface area contributed by atoms with Crippen LogP contribution in [0.3, 0.4) is 0 Å². The fraction of sp³-hybridized carbons (Fsp3) is 0.0909. The summed E-state index contributed by atoms with van der Waals surface area (Å²) < 4.78 is 1.87. The molecule has 2 heterocycles. The van der Waals surface area contributed by atoms with Crippen molar-refractivity contribution in [3.05, 3.63) is 48.5 Å². The van der Waals surface area contributed by atoms with Crippen molar-refractivity contribution in [2.75, 3.05) is 12.1 Å². The molecule has 0 aliphatic heterocycles. The fourth-order valence-corrected chi connectivity index (χ4v) is 1.50. The van der Waals surface area contributed by atoms with E-state index in [9.17, 15) is 0 Å². The Morgan fingerprint density at radius 1 is 1.38 bits per heavy atom. The van der Waals surface area contributed by atoms with Gasteiger partial charge >= 0.3 is 0 Å². The Balaban J connectivity index is 2.34. The number of anilines is 1. The van der Waals surface area contributed by atoms with Gasteiger partial charge in [0.05, 0.1) is 17.6 Å². The summed E-state index contributed by atoms with van der Waals surface area (Å²) in [5.41, 5.74) is 1.79. The second-order valence-electron chi connectivity index (χ2n) is 3.25. The first kappa shape index (κ1) is 10.2. The summed E-state index contributed by atoms with van der Waals surface area (Å²) in [5, 5.41) is 13.5. The number of rotatable bonds is 3. The normalized spacial score (nSPS) is 10.8. The smallest absolute Gasteiger partial charge is 0.0917 e. The van der Waals surface area contributed by atoms with Crippen molar-refractivity contribution < 1.29 is 5.21 Å². The molecule has 0 saturated heterocycles. The highest BCUT2D eigenvalue weighted by Crippen LogP contribution is 2.12. The molecule has 0 aliphatic rings. The van der Waals surface area contributed by atoms with E-state index in [2.05, 4.69) is 10.1 Å². The van der Waals surface area contributed by atoms with E-state index >= 15 is 0 Å². The quantitative estimate of drug-likeness (QED) is 0.481. The third kappa shape index (κ3) is 1.88. The number of hydrogen-bond acceptors (Lipinski definition) is 4. The fourth-order valence-electron chi connectivity index (χ4n) is 1.50. The molecular formula is C11H12N4O. The molecule has 0 bridgehead atoms. The maximum atomic E-state index is 8.54. The molecule has 2 rings (SSSR count). The molecule has 0 amide bonds. The first-order valence-corrected chi connectivity index (χ1v) is 4.82. The van der Waals surface area contributed by atoms with Crippen LogP contribution in [0.15, 0.2) is 48.0 Å². The van der Waals surface area contributed by atoms with Gasteiger partial charge in [0, 0.05) is 25.6 Å². The van der Waals surface area contributed by atoms with Gasteiger partial charge in [-0.3, -0.25) is 14.7 Å². The van der Waals surface area contributed by atoms with E-state index in [0.717, 1.165) is 11.4 Å². The van der Waals surface area contributed by atoms with Crippen LogP contribution < -0.4 is 5.01 Å². The van der Waals surface area contributed by atoms with Crippen LogP contribution in [0.25, 0.3) is 0 Å². The highest BCUT2D eigenvalue weighted by Gasteiger charge is 2.05. The largest absolute Gasteiger partial charge is 0.411 e. The Bertz CT molecular complexity index is 478. The Morgan fingerprint density at radius 3 is 2.81 bits per heavy atom. The van der Waals surface area contributed by atoms with Gasteiger partial charge in [0.25, 0.3) is 0 Å². The van der Waals surface area contributed by atoms with Crippen molar-refractivity contribution in [1.82, 2.24) is 9.66 Å². The topological polar surface area (TPSA) is 53.7 Å². The van der Waals surface area contributed by atoms with Gasteiger partial charge < -0.3 is 5.21 Å². The molecule has 2 aromatic heterocycles. The maximum absolute atomic E-state index is 8.54. The number of hydrogen-bond donors (Lipinski definition) is 1. The van der Waals surface area contributed by atoms with E-state index in [1.807, 2.05) is 47.2 Å². The van der Waals surface area contributed by atoms with Crippen LogP contribution in [0.4, 0.5) is 5.69 Å². The Labute approximate surface area is 93.2 Å². The molecule has 82 valence electrons. The third-order valence-corrected chi connectivity index (χ3v) is 2.31. The monoisotopic (exact) mass is 216 g/mol. The summed E-state index contributed by atoms with van der Waals surface area (Å²) in [6.07, 6.45) is 6.74. The molecule has 0 atom stereocenters. The van der Waals surface area contributed by atoms with Crippen LogP contribution in [0.5, 0.6) is 0 Å². The van der Waals surface area contributed by atoms with Gasteiger partial charge in [-0.1, -0.05) is 5.16 Å². The Morgan fingerprint density at radius 2 is 2.12 bits per heavy atom. The average Bonchev–Trinajstić information content (AvgIpc) is 2.78. The van der Waals surface area contributed by atoms with Crippen LogP contribution in [0.1, 0.15) is 5.69 Å². The van der Waals surface area contributed by atoms with Crippen molar-refractivity contribution in [2.45, 2.75) is 0 Å². The molecule has 5 heteroatoms. The molecule has 0 aliphatic carbocycles. The van der Waals surface area contributed by atoms with Gasteiger partial charge in [-0.15, -0.1) is 0 Å². The van der Waals surface area contributed by atoms with E-state index in [1.54, 1.807) is 12.4 Å². The first-order valence-electron chi connectivity index (χ1n) is 4.82. The minimum Gasteiger partial charge on any atom is -0.411 e. The minimum absolute atomic E-state index is 0.793. The summed E-state index contributed by atoms with van der Waals surface area (Å²) in [6, 6.07) is 7.55. The van der Waals surface area contributed by atoms with E-state index in [4.69, 9.17) is 5.21 Å². The maximum Gasteiger partial charge on any atom is 0.0917 e. The van der Waals surface area contributed by atoms with Gasteiger partial charge in [0.2, 0.25) is 0 Å². The molecule has 0 unspecified atom stereocenters. The number of nitrogens with zero attached hydrogens (tertiary/aromatic N) is 4. The Kier molecular flexibility index (Phi) is 2.86. The second-order valence-corrected chi connectivity index (χ2v) is 3.25. The molecule has 1 N–H and O–H groups in total. The molecular weight excluding hydrogens is 204 g/mol.